The van der Waals surface area contributed by atoms with Crippen molar-refractivity contribution in [1.29, 1.82) is 0 Å². The Bertz CT molecular complexity index is 912. The Morgan fingerprint density at radius 1 is 1.07 bits per heavy atom. The van der Waals surface area contributed by atoms with E-state index >= 15 is 0 Å². The summed E-state index contributed by atoms with van der Waals surface area (Å²) in [4.78, 5) is 19.2. The van der Waals surface area contributed by atoms with E-state index in [1.165, 1.54) is 0 Å². The largest absolute Gasteiger partial charge is 0.353 e. The number of aromatic nitrogens is 1. The lowest BCUT2D eigenvalue weighted by atomic mass is 10.1. The van der Waals surface area contributed by atoms with Gasteiger partial charge in [-0.15, -0.1) is 0 Å². The minimum absolute atomic E-state index is 0.0517. The first-order chi connectivity index (χ1) is 13.0. The van der Waals surface area contributed by atoms with Gasteiger partial charge in [0.1, 0.15) is 0 Å². The van der Waals surface area contributed by atoms with Crippen molar-refractivity contribution in [3.8, 4) is 0 Å². The lowest BCUT2D eigenvalue weighted by Crippen LogP contribution is -2.36. The number of nitrogens with zero attached hydrogens (tertiary/aromatic N) is 2. The Labute approximate surface area is 164 Å². The van der Waals surface area contributed by atoms with Crippen molar-refractivity contribution in [3.05, 3.63) is 89.2 Å². The summed E-state index contributed by atoms with van der Waals surface area (Å²) >= 11 is 6.20. The van der Waals surface area contributed by atoms with E-state index in [4.69, 9.17) is 11.6 Å². The number of nitrogens with one attached hydrogen (secondary N) is 1. The number of hydrogen-bond donors (Lipinski definition) is 1. The monoisotopic (exact) mass is 379 g/mol. The van der Waals surface area contributed by atoms with Gasteiger partial charge in [-0.1, -0.05) is 54.1 Å². The molecular weight excluding hydrogens is 358 g/mol. The second-order valence-electron chi connectivity index (χ2n) is 6.58. The molecule has 5 heteroatoms. The zero-order chi connectivity index (χ0) is 19.2. The molecule has 4 nitrogen and oxygen atoms in total. The highest BCUT2D eigenvalue weighted by molar-refractivity contribution is 6.33. The summed E-state index contributed by atoms with van der Waals surface area (Å²) in [7, 11) is 0. The average Bonchev–Trinajstić information content (AvgIpc) is 2.68. The molecule has 0 aliphatic heterocycles. The zero-order valence-electron chi connectivity index (χ0n) is 15.4. The normalized spacial score (nSPS) is 10.7. The van der Waals surface area contributed by atoms with Crippen molar-refractivity contribution in [2.75, 3.05) is 5.32 Å². The molecule has 0 unspecified atom stereocenters. The predicted molar refractivity (Wildman–Crippen MR) is 110 cm³/mol. The fraction of sp³-hybridized carbons (Fsp3) is 0.182. The van der Waals surface area contributed by atoms with Crippen LogP contribution in [0.2, 0.25) is 5.02 Å². The number of amides is 1. The molecule has 0 spiro atoms. The van der Waals surface area contributed by atoms with Crippen LogP contribution in [0.25, 0.3) is 0 Å². The van der Waals surface area contributed by atoms with Crippen LogP contribution in [0.1, 0.15) is 29.8 Å². The minimum Gasteiger partial charge on any atom is -0.353 e. The molecule has 0 bridgehead atoms. The lowest BCUT2D eigenvalue weighted by molar-refractivity contribution is 0.0690. The van der Waals surface area contributed by atoms with Gasteiger partial charge in [0.05, 0.1) is 28.2 Å². The van der Waals surface area contributed by atoms with Crippen molar-refractivity contribution in [2.45, 2.75) is 26.4 Å². The molecular formula is C22H22ClN3O. The van der Waals surface area contributed by atoms with Gasteiger partial charge in [-0.3, -0.25) is 9.78 Å². The van der Waals surface area contributed by atoms with E-state index in [0.717, 1.165) is 16.9 Å². The molecule has 1 amide bonds. The summed E-state index contributed by atoms with van der Waals surface area (Å²) in [6, 6.07) is 19.3. The number of pyridine rings is 1. The summed E-state index contributed by atoms with van der Waals surface area (Å²) < 4.78 is 0. The summed E-state index contributed by atoms with van der Waals surface area (Å²) in [6.07, 6.45) is 3.28. The second kappa shape index (κ2) is 8.69. The van der Waals surface area contributed by atoms with Gasteiger partial charge < -0.3 is 10.2 Å². The summed E-state index contributed by atoms with van der Waals surface area (Å²) in [5.74, 6) is -0.0517. The molecule has 3 rings (SSSR count). The van der Waals surface area contributed by atoms with Crippen molar-refractivity contribution >= 4 is 28.9 Å². The molecule has 0 aliphatic rings. The number of para-hydroxylation sites is 1. The van der Waals surface area contributed by atoms with Crippen LogP contribution in [0.4, 0.5) is 11.4 Å². The number of benzene rings is 2. The third-order valence-electron chi connectivity index (χ3n) is 4.22. The summed E-state index contributed by atoms with van der Waals surface area (Å²) in [5.41, 5.74) is 3.13. The van der Waals surface area contributed by atoms with Gasteiger partial charge >= 0.3 is 0 Å². The molecule has 1 N–H and O–H groups in total. The topological polar surface area (TPSA) is 45.2 Å². The van der Waals surface area contributed by atoms with Crippen LogP contribution in [-0.4, -0.2) is 21.8 Å². The fourth-order valence-corrected chi connectivity index (χ4v) is 2.96. The van der Waals surface area contributed by atoms with Crippen molar-refractivity contribution in [2.24, 2.45) is 0 Å². The van der Waals surface area contributed by atoms with Gasteiger partial charge in [0.15, 0.2) is 0 Å². The molecule has 0 fully saturated rings. The maximum absolute atomic E-state index is 13.1. The second-order valence-corrected chi connectivity index (χ2v) is 6.99. The Balaban J connectivity index is 1.81. The number of halogens is 1. The minimum atomic E-state index is -0.0517. The molecule has 0 saturated carbocycles. The summed E-state index contributed by atoms with van der Waals surface area (Å²) in [5, 5.41) is 3.83. The van der Waals surface area contributed by atoms with Crippen LogP contribution in [0, 0.1) is 0 Å². The molecule has 27 heavy (non-hydrogen) atoms. The van der Waals surface area contributed by atoms with Crippen molar-refractivity contribution < 1.29 is 4.79 Å². The van der Waals surface area contributed by atoms with E-state index in [1.807, 2.05) is 73.3 Å². The summed E-state index contributed by atoms with van der Waals surface area (Å²) in [6.45, 7) is 4.58. The first-order valence-corrected chi connectivity index (χ1v) is 9.24. The van der Waals surface area contributed by atoms with E-state index in [1.54, 1.807) is 18.5 Å². The van der Waals surface area contributed by atoms with Crippen LogP contribution in [0.5, 0.6) is 0 Å². The lowest BCUT2D eigenvalue weighted by Gasteiger charge is -2.27. The number of hydrogen-bond acceptors (Lipinski definition) is 3. The van der Waals surface area contributed by atoms with Gasteiger partial charge in [-0.2, -0.15) is 0 Å². The first-order valence-electron chi connectivity index (χ1n) is 8.86. The predicted octanol–water partition coefficient (Wildman–Crippen LogP) is 5.53. The highest BCUT2D eigenvalue weighted by Gasteiger charge is 2.20. The van der Waals surface area contributed by atoms with Crippen molar-refractivity contribution in [1.82, 2.24) is 9.88 Å². The third-order valence-corrected chi connectivity index (χ3v) is 4.55. The zero-order valence-corrected chi connectivity index (χ0v) is 16.1. The van der Waals surface area contributed by atoms with E-state index in [2.05, 4.69) is 10.3 Å². The Morgan fingerprint density at radius 2 is 1.78 bits per heavy atom. The van der Waals surface area contributed by atoms with Crippen LogP contribution in [0.3, 0.4) is 0 Å². The quantitative estimate of drug-likeness (QED) is 0.612. The molecule has 1 aromatic heterocycles. The first kappa shape index (κ1) is 18.9. The van der Waals surface area contributed by atoms with Gasteiger partial charge in [0, 0.05) is 18.8 Å². The van der Waals surface area contributed by atoms with E-state index in [-0.39, 0.29) is 11.9 Å². The van der Waals surface area contributed by atoms with Gasteiger partial charge in [-0.05, 0) is 37.6 Å². The van der Waals surface area contributed by atoms with E-state index in [9.17, 15) is 4.79 Å². The van der Waals surface area contributed by atoms with Crippen LogP contribution in [0.15, 0.2) is 73.1 Å². The standard InChI is InChI=1S/C22H22ClN3O/c1-16(2)26(15-17-8-4-3-5-9-17)22(27)18-12-19(14-24-13-18)25-21-11-7-6-10-20(21)23/h3-14,16,25H,15H2,1-2H3. The van der Waals surface area contributed by atoms with Gasteiger partial charge in [-0.25, -0.2) is 0 Å². The van der Waals surface area contributed by atoms with Gasteiger partial charge in [0.25, 0.3) is 5.91 Å². The number of carbonyl (C=O) groups is 1. The van der Waals surface area contributed by atoms with E-state index < -0.39 is 0 Å². The molecule has 0 saturated heterocycles. The van der Waals surface area contributed by atoms with Crippen LogP contribution < -0.4 is 5.32 Å². The SMILES string of the molecule is CC(C)N(Cc1ccccc1)C(=O)c1cncc(Nc2ccccc2Cl)c1. The fourth-order valence-electron chi connectivity index (χ4n) is 2.78. The molecule has 2 aromatic carbocycles. The molecule has 1 heterocycles. The molecule has 0 radical (unpaired) electrons. The molecule has 0 aliphatic carbocycles. The number of carbonyl (C=O) groups excluding carboxylic acids is 1. The Hall–Kier alpha value is -2.85. The molecule has 0 atom stereocenters. The maximum atomic E-state index is 13.1. The molecule has 138 valence electrons. The Kier molecular flexibility index (Phi) is 6.09. The van der Waals surface area contributed by atoms with E-state index in [0.29, 0.717) is 17.1 Å². The highest BCUT2D eigenvalue weighted by Crippen LogP contribution is 2.25. The number of anilines is 2. The average molecular weight is 380 g/mol. The number of rotatable bonds is 6. The third kappa shape index (κ3) is 4.86. The van der Waals surface area contributed by atoms with Crippen LogP contribution >= 0.6 is 11.6 Å². The highest BCUT2D eigenvalue weighted by atomic mass is 35.5. The smallest absolute Gasteiger partial charge is 0.256 e. The van der Waals surface area contributed by atoms with Crippen LogP contribution in [-0.2, 0) is 6.54 Å². The van der Waals surface area contributed by atoms with Gasteiger partial charge in [0.2, 0.25) is 0 Å². The maximum Gasteiger partial charge on any atom is 0.256 e. The Morgan fingerprint density at radius 3 is 2.48 bits per heavy atom. The molecule has 3 aromatic rings. The van der Waals surface area contributed by atoms with Crippen molar-refractivity contribution in [3.63, 3.8) is 0 Å².